The molecule has 0 saturated carbocycles. The fourth-order valence-electron chi connectivity index (χ4n) is 3.23. The molecule has 1 saturated heterocycles. The van der Waals surface area contributed by atoms with E-state index in [0.717, 1.165) is 6.29 Å². The third kappa shape index (κ3) is 2.53. The van der Waals surface area contributed by atoms with Crippen LogP contribution in [0.25, 0.3) is 22.6 Å². The van der Waals surface area contributed by atoms with Gasteiger partial charge < -0.3 is 20.7 Å². The van der Waals surface area contributed by atoms with Gasteiger partial charge in [-0.25, -0.2) is 15.0 Å². The molecule has 1 aliphatic heterocycles. The number of benzene rings is 1. The molecular weight excluding hydrogens is 338 g/mol. The van der Waals surface area contributed by atoms with E-state index in [1.165, 1.54) is 6.33 Å². The van der Waals surface area contributed by atoms with Gasteiger partial charge in [0.25, 0.3) is 0 Å². The second-order valence-corrected chi connectivity index (χ2v) is 6.06. The van der Waals surface area contributed by atoms with Crippen molar-refractivity contribution in [3.05, 3.63) is 36.2 Å². The van der Waals surface area contributed by atoms with Crippen LogP contribution in [-0.2, 0) is 4.74 Å². The van der Waals surface area contributed by atoms with E-state index in [1.807, 2.05) is 0 Å². The summed E-state index contributed by atoms with van der Waals surface area (Å²) < 4.78 is 7.47. The van der Waals surface area contributed by atoms with Gasteiger partial charge in [0.1, 0.15) is 24.5 Å². The fraction of sp³-hybridized carbons (Fsp3) is 0.294. The average molecular weight is 355 g/mol. The molecule has 134 valence electrons. The molecule has 0 spiro atoms. The summed E-state index contributed by atoms with van der Waals surface area (Å²) in [4.78, 5) is 24.2. The lowest BCUT2D eigenvalue weighted by molar-refractivity contribution is -0.0426. The van der Waals surface area contributed by atoms with Crippen LogP contribution in [0.4, 0.5) is 5.82 Å². The van der Waals surface area contributed by atoms with Crippen LogP contribution < -0.4 is 5.73 Å². The van der Waals surface area contributed by atoms with E-state index >= 15 is 0 Å². The van der Waals surface area contributed by atoms with Crippen LogP contribution in [0.5, 0.6) is 0 Å². The molecule has 3 heterocycles. The van der Waals surface area contributed by atoms with Crippen molar-refractivity contribution in [1.82, 2.24) is 19.5 Å². The number of fused-ring (bicyclic) bond motifs is 1. The van der Waals surface area contributed by atoms with Crippen LogP contribution in [0.1, 0.15) is 23.0 Å². The number of aliphatic hydroxyl groups excluding tert-OH is 2. The molecule has 3 aromatic rings. The third-order valence-electron chi connectivity index (χ3n) is 4.51. The normalized spacial score (nSPS) is 22.8. The monoisotopic (exact) mass is 355 g/mol. The number of aromatic nitrogens is 4. The molecule has 3 atom stereocenters. The largest absolute Gasteiger partial charge is 0.394 e. The van der Waals surface area contributed by atoms with Gasteiger partial charge in [-0.2, -0.15) is 0 Å². The Bertz CT molecular complexity index is 973. The summed E-state index contributed by atoms with van der Waals surface area (Å²) in [6.07, 6.45) is 0.170. The van der Waals surface area contributed by atoms with Crippen LogP contribution in [0.2, 0.25) is 0 Å². The topological polar surface area (TPSA) is 136 Å². The zero-order chi connectivity index (χ0) is 18.3. The second-order valence-electron chi connectivity index (χ2n) is 6.06. The number of rotatable bonds is 4. The molecule has 0 unspecified atom stereocenters. The summed E-state index contributed by atoms with van der Waals surface area (Å²) in [5, 5.41) is 19.5. The highest BCUT2D eigenvalue weighted by molar-refractivity contribution is 5.90. The van der Waals surface area contributed by atoms with Crippen molar-refractivity contribution in [2.45, 2.75) is 24.9 Å². The summed E-state index contributed by atoms with van der Waals surface area (Å²) in [6.45, 7) is -0.304. The summed E-state index contributed by atoms with van der Waals surface area (Å²) >= 11 is 0. The van der Waals surface area contributed by atoms with Crippen molar-refractivity contribution in [2.75, 3.05) is 12.3 Å². The maximum atomic E-state index is 11.5. The number of nitrogens with two attached hydrogens (primary N) is 1. The molecule has 26 heavy (non-hydrogen) atoms. The maximum absolute atomic E-state index is 11.5. The van der Waals surface area contributed by atoms with Crippen LogP contribution in [-0.4, -0.2) is 54.8 Å². The zero-order valence-electron chi connectivity index (χ0n) is 13.7. The molecule has 4 N–H and O–H groups in total. The second kappa shape index (κ2) is 6.45. The lowest BCUT2D eigenvalue weighted by atomic mass is 10.1. The number of aliphatic hydroxyl groups is 2. The maximum Gasteiger partial charge on any atom is 0.168 e. The minimum atomic E-state index is -0.823. The first kappa shape index (κ1) is 16.6. The highest BCUT2D eigenvalue weighted by Crippen LogP contribution is 2.36. The van der Waals surface area contributed by atoms with Crippen molar-refractivity contribution in [1.29, 1.82) is 0 Å². The van der Waals surface area contributed by atoms with E-state index < -0.39 is 18.4 Å². The Morgan fingerprint density at radius 1 is 1.35 bits per heavy atom. The smallest absolute Gasteiger partial charge is 0.168 e. The number of hydrogen-bond donors (Lipinski definition) is 3. The Balaban J connectivity index is 1.96. The molecule has 1 aromatic carbocycles. The van der Waals surface area contributed by atoms with Crippen molar-refractivity contribution < 1.29 is 19.7 Å². The molecule has 9 heteroatoms. The van der Waals surface area contributed by atoms with Crippen molar-refractivity contribution in [2.24, 2.45) is 0 Å². The van der Waals surface area contributed by atoms with Crippen molar-refractivity contribution in [3.63, 3.8) is 0 Å². The molecule has 4 rings (SSSR count). The standard InChI is InChI=1S/C17H17N5O4/c18-15-14-17(20-8-19-15)22(13-5-11(25)12(7-24)26-13)16(21-14)10-4-2-1-3-9(10)6-23/h1-4,6,8,11-13,24-25H,5,7H2,(H2,18,19,20)/t11-,12+,13+/m0/s1. The molecule has 0 amide bonds. The van der Waals surface area contributed by atoms with Crippen LogP contribution >= 0.6 is 0 Å². The molecular formula is C17H17N5O4. The first-order valence-electron chi connectivity index (χ1n) is 8.11. The Hall–Kier alpha value is -2.88. The summed E-state index contributed by atoms with van der Waals surface area (Å²) in [5.41, 5.74) is 7.80. The number of aldehydes is 1. The van der Waals surface area contributed by atoms with Crippen molar-refractivity contribution >= 4 is 23.3 Å². The minimum absolute atomic E-state index is 0.204. The number of imidazole rings is 1. The average Bonchev–Trinajstić information content (AvgIpc) is 3.22. The van der Waals surface area contributed by atoms with Gasteiger partial charge in [0.2, 0.25) is 0 Å². The van der Waals surface area contributed by atoms with Crippen LogP contribution in [0.3, 0.4) is 0 Å². The number of ether oxygens (including phenoxy) is 1. The third-order valence-corrected chi connectivity index (χ3v) is 4.51. The Kier molecular flexibility index (Phi) is 4.11. The van der Waals surface area contributed by atoms with E-state index in [0.29, 0.717) is 28.1 Å². The molecule has 0 radical (unpaired) electrons. The van der Waals surface area contributed by atoms with Crippen LogP contribution in [0, 0.1) is 0 Å². The first-order chi connectivity index (χ1) is 12.6. The highest BCUT2D eigenvalue weighted by Gasteiger charge is 2.37. The Labute approximate surface area is 148 Å². The van der Waals surface area contributed by atoms with Gasteiger partial charge in [0.05, 0.1) is 12.7 Å². The number of hydrogen-bond acceptors (Lipinski definition) is 8. The summed E-state index contributed by atoms with van der Waals surface area (Å²) in [5.74, 6) is 0.640. The van der Waals surface area contributed by atoms with Crippen LogP contribution in [0.15, 0.2) is 30.6 Å². The predicted octanol–water partition coefficient (Wildman–Crippen LogP) is 0.529. The lowest BCUT2D eigenvalue weighted by Crippen LogP contribution is -2.24. The highest BCUT2D eigenvalue weighted by atomic mass is 16.5. The number of carbonyl (C=O) groups is 1. The number of carbonyl (C=O) groups excluding carboxylic acids is 1. The van der Waals surface area contributed by atoms with E-state index in [1.54, 1.807) is 28.8 Å². The molecule has 1 fully saturated rings. The lowest BCUT2D eigenvalue weighted by Gasteiger charge is -2.17. The van der Waals surface area contributed by atoms with E-state index in [-0.39, 0.29) is 18.8 Å². The molecule has 0 aliphatic carbocycles. The zero-order valence-corrected chi connectivity index (χ0v) is 13.7. The van der Waals surface area contributed by atoms with E-state index in [2.05, 4.69) is 15.0 Å². The van der Waals surface area contributed by atoms with E-state index in [9.17, 15) is 15.0 Å². The molecule has 1 aliphatic rings. The fourth-order valence-corrected chi connectivity index (χ4v) is 3.23. The Morgan fingerprint density at radius 3 is 2.88 bits per heavy atom. The van der Waals surface area contributed by atoms with Gasteiger partial charge in [-0.3, -0.25) is 9.36 Å². The van der Waals surface area contributed by atoms with Gasteiger partial charge >= 0.3 is 0 Å². The quantitative estimate of drug-likeness (QED) is 0.577. The molecule has 2 aromatic heterocycles. The van der Waals surface area contributed by atoms with Crippen molar-refractivity contribution in [3.8, 4) is 11.4 Å². The SMILES string of the molecule is Nc1ncnc2c1nc(-c1ccccc1C=O)n2[C@H]1C[C@H](O)[C@@H](CO)O1. The predicted molar refractivity (Wildman–Crippen MR) is 92.2 cm³/mol. The molecule has 9 nitrogen and oxygen atoms in total. The van der Waals surface area contributed by atoms with Gasteiger partial charge in [0.15, 0.2) is 23.3 Å². The van der Waals surface area contributed by atoms with Gasteiger partial charge in [-0.15, -0.1) is 0 Å². The summed E-state index contributed by atoms with van der Waals surface area (Å²) in [7, 11) is 0. The number of nitrogens with zero attached hydrogens (tertiary/aromatic N) is 4. The minimum Gasteiger partial charge on any atom is -0.394 e. The van der Waals surface area contributed by atoms with E-state index in [4.69, 9.17) is 10.5 Å². The van der Waals surface area contributed by atoms with Gasteiger partial charge in [-0.05, 0) is 0 Å². The summed E-state index contributed by atoms with van der Waals surface area (Å²) in [6, 6.07) is 7.00. The Morgan fingerprint density at radius 2 is 2.15 bits per heavy atom. The first-order valence-corrected chi connectivity index (χ1v) is 8.11. The van der Waals surface area contributed by atoms with Gasteiger partial charge in [0, 0.05) is 17.5 Å². The number of anilines is 1. The number of nitrogen functional groups attached to an aromatic ring is 1. The molecule has 0 bridgehead atoms. The van der Waals surface area contributed by atoms with Gasteiger partial charge in [-0.1, -0.05) is 24.3 Å².